The Bertz CT molecular complexity index is 179. The lowest BCUT2D eigenvalue weighted by Crippen LogP contribution is -2.30. The molecule has 1 saturated carbocycles. The first-order chi connectivity index (χ1) is 6.72. The predicted molar refractivity (Wildman–Crippen MR) is 54.4 cm³/mol. The zero-order chi connectivity index (χ0) is 10.4. The molecule has 0 spiro atoms. The van der Waals surface area contributed by atoms with E-state index in [4.69, 9.17) is 10.6 Å². The number of amides is 1. The first-order valence-electron chi connectivity index (χ1n) is 5.37. The minimum absolute atomic E-state index is 0.119. The van der Waals surface area contributed by atoms with Crippen molar-refractivity contribution in [1.29, 1.82) is 0 Å². The Kier molecular flexibility index (Phi) is 4.90. The van der Waals surface area contributed by atoms with Gasteiger partial charge in [-0.25, -0.2) is 5.84 Å². The fourth-order valence-electron chi connectivity index (χ4n) is 1.83. The molecular formula is C10H20N2O2. The number of nitrogens with two attached hydrogens (primary N) is 1. The molecule has 1 fully saturated rings. The summed E-state index contributed by atoms with van der Waals surface area (Å²) < 4.78 is 5.79. The molecule has 4 nitrogen and oxygen atoms in total. The van der Waals surface area contributed by atoms with Crippen LogP contribution in [0.3, 0.4) is 0 Å². The summed E-state index contributed by atoms with van der Waals surface area (Å²) in [4.78, 5) is 10.9. The highest BCUT2D eigenvalue weighted by molar-refractivity contribution is 5.75. The highest BCUT2D eigenvalue weighted by atomic mass is 16.5. The van der Waals surface area contributed by atoms with Crippen LogP contribution in [-0.2, 0) is 9.53 Å². The van der Waals surface area contributed by atoms with Crippen LogP contribution in [0.25, 0.3) is 0 Å². The summed E-state index contributed by atoms with van der Waals surface area (Å²) in [5, 5.41) is 0. The van der Waals surface area contributed by atoms with Crippen molar-refractivity contribution in [3.8, 4) is 0 Å². The molecule has 82 valence electrons. The molecule has 1 unspecified atom stereocenters. The Morgan fingerprint density at radius 1 is 1.57 bits per heavy atom. The molecule has 1 aliphatic carbocycles. The van der Waals surface area contributed by atoms with Gasteiger partial charge in [0.05, 0.1) is 12.2 Å². The van der Waals surface area contributed by atoms with Crippen LogP contribution in [0.5, 0.6) is 0 Å². The maximum atomic E-state index is 10.9. The number of ether oxygens (including phenoxy) is 1. The first-order valence-corrected chi connectivity index (χ1v) is 5.37. The van der Waals surface area contributed by atoms with Crippen molar-refractivity contribution in [2.45, 2.75) is 57.7 Å². The van der Waals surface area contributed by atoms with Gasteiger partial charge in [0.25, 0.3) is 0 Å². The molecule has 4 heteroatoms. The summed E-state index contributed by atoms with van der Waals surface area (Å²) in [6.07, 6.45) is 6.69. The third-order valence-electron chi connectivity index (χ3n) is 2.67. The molecule has 14 heavy (non-hydrogen) atoms. The van der Waals surface area contributed by atoms with E-state index in [2.05, 4.69) is 5.43 Å². The van der Waals surface area contributed by atoms with Gasteiger partial charge >= 0.3 is 0 Å². The van der Waals surface area contributed by atoms with Crippen molar-refractivity contribution in [2.24, 2.45) is 5.84 Å². The molecule has 1 atom stereocenters. The van der Waals surface area contributed by atoms with E-state index in [1.165, 1.54) is 25.7 Å². The molecule has 0 radical (unpaired) electrons. The summed E-state index contributed by atoms with van der Waals surface area (Å²) in [5.41, 5.74) is 2.12. The average Bonchev–Trinajstić information content (AvgIpc) is 2.66. The van der Waals surface area contributed by atoms with Crippen molar-refractivity contribution in [1.82, 2.24) is 5.43 Å². The van der Waals surface area contributed by atoms with E-state index >= 15 is 0 Å². The highest BCUT2D eigenvalue weighted by Crippen LogP contribution is 2.22. The fourth-order valence-corrected chi connectivity index (χ4v) is 1.83. The molecule has 0 aliphatic heterocycles. The topological polar surface area (TPSA) is 64.4 Å². The second-order valence-electron chi connectivity index (χ2n) is 3.96. The summed E-state index contributed by atoms with van der Waals surface area (Å²) in [5.74, 6) is 4.86. The van der Waals surface area contributed by atoms with Crippen molar-refractivity contribution in [3.05, 3.63) is 0 Å². The van der Waals surface area contributed by atoms with Crippen molar-refractivity contribution >= 4 is 5.91 Å². The van der Waals surface area contributed by atoms with Crippen LogP contribution in [0, 0.1) is 0 Å². The lowest BCUT2D eigenvalue weighted by atomic mass is 10.2. The van der Waals surface area contributed by atoms with Crippen LogP contribution in [-0.4, -0.2) is 18.1 Å². The molecule has 0 bridgehead atoms. The van der Waals surface area contributed by atoms with E-state index in [-0.39, 0.29) is 12.0 Å². The Morgan fingerprint density at radius 3 is 2.79 bits per heavy atom. The lowest BCUT2D eigenvalue weighted by Gasteiger charge is -2.17. The van der Waals surface area contributed by atoms with Crippen molar-refractivity contribution in [2.75, 3.05) is 0 Å². The van der Waals surface area contributed by atoms with Crippen LogP contribution in [0.2, 0.25) is 0 Å². The van der Waals surface area contributed by atoms with Gasteiger partial charge in [-0.1, -0.05) is 12.8 Å². The van der Waals surface area contributed by atoms with E-state index in [0.29, 0.717) is 12.5 Å². The summed E-state index contributed by atoms with van der Waals surface area (Å²) in [6, 6.07) is 0. The average molecular weight is 200 g/mol. The number of hydrazine groups is 1. The number of carbonyl (C=O) groups excluding carboxylic acids is 1. The largest absolute Gasteiger partial charge is 0.375 e. The molecule has 0 heterocycles. The summed E-state index contributed by atoms with van der Waals surface area (Å²) in [6.45, 7) is 2.02. The van der Waals surface area contributed by atoms with E-state index in [1.807, 2.05) is 6.92 Å². The van der Waals surface area contributed by atoms with Crippen LogP contribution in [0.1, 0.15) is 45.4 Å². The normalized spacial score (nSPS) is 19.6. The number of nitrogens with one attached hydrogen (secondary N) is 1. The Hall–Kier alpha value is -0.610. The van der Waals surface area contributed by atoms with Crippen LogP contribution >= 0.6 is 0 Å². The second kappa shape index (κ2) is 5.98. The van der Waals surface area contributed by atoms with Gasteiger partial charge in [0, 0.05) is 6.42 Å². The molecule has 0 saturated heterocycles. The van der Waals surface area contributed by atoms with Gasteiger partial charge in [0.1, 0.15) is 0 Å². The van der Waals surface area contributed by atoms with Crippen LogP contribution < -0.4 is 11.3 Å². The predicted octanol–water partition coefficient (Wildman–Crippen LogP) is 1.10. The van der Waals surface area contributed by atoms with Gasteiger partial charge in [-0.15, -0.1) is 0 Å². The van der Waals surface area contributed by atoms with Crippen molar-refractivity contribution in [3.63, 3.8) is 0 Å². The molecule has 1 aliphatic rings. The monoisotopic (exact) mass is 200 g/mol. The summed E-state index contributed by atoms with van der Waals surface area (Å²) in [7, 11) is 0. The zero-order valence-electron chi connectivity index (χ0n) is 8.79. The number of hydrogen-bond donors (Lipinski definition) is 2. The quantitative estimate of drug-likeness (QED) is 0.397. The van der Waals surface area contributed by atoms with E-state index < -0.39 is 0 Å². The van der Waals surface area contributed by atoms with Crippen molar-refractivity contribution < 1.29 is 9.53 Å². The Morgan fingerprint density at radius 2 is 2.21 bits per heavy atom. The zero-order valence-corrected chi connectivity index (χ0v) is 8.79. The minimum atomic E-state index is -0.119. The Labute approximate surface area is 85.2 Å². The Balaban J connectivity index is 2.08. The maximum Gasteiger partial charge on any atom is 0.233 e. The van der Waals surface area contributed by atoms with Gasteiger partial charge in [0.15, 0.2) is 0 Å². The van der Waals surface area contributed by atoms with Gasteiger partial charge in [-0.2, -0.15) is 0 Å². The van der Waals surface area contributed by atoms with Crippen LogP contribution in [0.4, 0.5) is 0 Å². The highest BCUT2D eigenvalue weighted by Gasteiger charge is 2.18. The van der Waals surface area contributed by atoms with Gasteiger partial charge in [-0.3, -0.25) is 10.2 Å². The standard InChI is InChI=1S/C10H20N2O2/c1-8(6-7-10(13)12-11)14-9-4-2-3-5-9/h8-9H,2-7,11H2,1H3,(H,12,13). The molecule has 1 rings (SSSR count). The molecule has 0 aromatic carbocycles. The van der Waals surface area contributed by atoms with E-state index in [9.17, 15) is 4.79 Å². The van der Waals surface area contributed by atoms with Crippen LogP contribution in [0.15, 0.2) is 0 Å². The first kappa shape index (κ1) is 11.5. The minimum Gasteiger partial charge on any atom is -0.375 e. The SMILES string of the molecule is CC(CCC(=O)NN)OC1CCCC1. The van der Waals surface area contributed by atoms with E-state index in [0.717, 1.165) is 6.42 Å². The fraction of sp³-hybridized carbons (Fsp3) is 0.900. The molecule has 0 aromatic heterocycles. The summed E-state index contributed by atoms with van der Waals surface area (Å²) >= 11 is 0. The lowest BCUT2D eigenvalue weighted by molar-refractivity contribution is -0.122. The molecule has 0 aromatic rings. The smallest absolute Gasteiger partial charge is 0.233 e. The number of carbonyl (C=O) groups is 1. The van der Waals surface area contributed by atoms with E-state index in [1.54, 1.807) is 0 Å². The van der Waals surface area contributed by atoms with Gasteiger partial charge in [0.2, 0.25) is 5.91 Å². The van der Waals surface area contributed by atoms with Gasteiger partial charge < -0.3 is 4.74 Å². The second-order valence-corrected chi connectivity index (χ2v) is 3.96. The third-order valence-corrected chi connectivity index (χ3v) is 2.67. The van der Waals surface area contributed by atoms with Gasteiger partial charge in [-0.05, 0) is 26.2 Å². The molecule has 3 N–H and O–H groups in total. The number of rotatable bonds is 5. The molecule has 1 amide bonds. The third kappa shape index (κ3) is 4.07. The molecular weight excluding hydrogens is 180 g/mol. The number of hydrogen-bond acceptors (Lipinski definition) is 3. The maximum absolute atomic E-state index is 10.9.